The van der Waals surface area contributed by atoms with Gasteiger partial charge >= 0.3 is 0 Å². The summed E-state index contributed by atoms with van der Waals surface area (Å²) < 4.78 is 10.9. The Morgan fingerprint density at radius 3 is 2.44 bits per heavy atom. The van der Waals surface area contributed by atoms with Crippen molar-refractivity contribution in [2.45, 2.75) is 6.92 Å². The maximum absolute atomic E-state index is 5.47. The zero-order valence-electron chi connectivity index (χ0n) is 9.92. The molecular formula is C11H15ClN4O2. The third-order valence-electron chi connectivity index (χ3n) is 2.28. The molecule has 0 amide bonds. The van der Waals surface area contributed by atoms with E-state index in [1.54, 1.807) is 0 Å². The normalized spacial score (nSPS) is 13.5. The third kappa shape index (κ3) is 3.27. The van der Waals surface area contributed by atoms with Gasteiger partial charge in [-0.3, -0.25) is 0 Å². The van der Waals surface area contributed by atoms with Crippen LogP contribution in [0, 0.1) is 0 Å². The molecule has 0 saturated heterocycles. The summed E-state index contributed by atoms with van der Waals surface area (Å²) in [6, 6.07) is 5.59. The number of benzene rings is 1. The summed E-state index contributed by atoms with van der Waals surface area (Å²) in [5.41, 5.74) is 12.0. The van der Waals surface area contributed by atoms with Crippen molar-refractivity contribution in [3.05, 3.63) is 23.8 Å². The molecule has 0 aliphatic carbocycles. The van der Waals surface area contributed by atoms with Crippen molar-refractivity contribution in [1.82, 2.24) is 0 Å². The minimum absolute atomic E-state index is 0. The van der Waals surface area contributed by atoms with Crippen LogP contribution in [-0.4, -0.2) is 24.9 Å². The molecule has 0 unspecified atom stereocenters. The van der Waals surface area contributed by atoms with E-state index in [0.717, 1.165) is 11.3 Å². The summed E-state index contributed by atoms with van der Waals surface area (Å²) in [6.45, 7) is 2.95. The largest absolute Gasteiger partial charge is 0.486 e. The van der Waals surface area contributed by atoms with E-state index in [9.17, 15) is 0 Å². The van der Waals surface area contributed by atoms with Crippen LogP contribution in [-0.2, 0) is 0 Å². The Hall–Kier alpha value is -1.95. The number of halogens is 1. The highest BCUT2D eigenvalue weighted by Gasteiger charge is 2.12. The van der Waals surface area contributed by atoms with Crippen molar-refractivity contribution < 1.29 is 9.47 Å². The van der Waals surface area contributed by atoms with Gasteiger partial charge in [0, 0.05) is 5.56 Å². The van der Waals surface area contributed by atoms with Gasteiger partial charge in [-0.2, -0.15) is 5.10 Å². The fraction of sp³-hybridized carbons (Fsp3) is 0.273. The van der Waals surface area contributed by atoms with E-state index in [2.05, 4.69) is 10.2 Å². The number of nitrogens with two attached hydrogens (primary N) is 2. The topological polar surface area (TPSA) is 95.2 Å². The highest BCUT2D eigenvalue weighted by atomic mass is 35.5. The maximum Gasteiger partial charge on any atom is 0.211 e. The van der Waals surface area contributed by atoms with Gasteiger partial charge in [0.25, 0.3) is 0 Å². The van der Waals surface area contributed by atoms with E-state index in [1.807, 2.05) is 25.1 Å². The lowest BCUT2D eigenvalue weighted by atomic mass is 10.1. The maximum atomic E-state index is 5.47. The Morgan fingerprint density at radius 2 is 1.78 bits per heavy atom. The van der Waals surface area contributed by atoms with Gasteiger partial charge in [0.05, 0.1) is 5.71 Å². The van der Waals surface area contributed by atoms with Crippen LogP contribution < -0.4 is 20.9 Å². The van der Waals surface area contributed by atoms with Crippen LogP contribution >= 0.6 is 12.4 Å². The molecule has 2 rings (SSSR count). The molecule has 1 aliphatic rings. The minimum atomic E-state index is -0.0677. The number of nitrogens with zero attached hydrogens (tertiary/aromatic N) is 2. The molecular weight excluding hydrogens is 256 g/mol. The number of ether oxygens (including phenoxy) is 2. The zero-order chi connectivity index (χ0) is 12.3. The number of hydrogen-bond acceptors (Lipinski definition) is 4. The molecule has 0 fully saturated rings. The monoisotopic (exact) mass is 270 g/mol. The van der Waals surface area contributed by atoms with Gasteiger partial charge in [-0.05, 0) is 25.1 Å². The second-order valence-corrected chi connectivity index (χ2v) is 3.57. The summed E-state index contributed by atoms with van der Waals surface area (Å²) in [6.07, 6.45) is 0. The molecule has 0 saturated carbocycles. The van der Waals surface area contributed by atoms with E-state index in [-0.39, 0.29) is 18.4 Å². The van der Waals surface area contributed by atoms with Crippen molar-refractivity contribution in [2.75, 3.05) is 13.2 Å². The van der Waals surface area contributed by atoms with Gasteiger partial charge in [-0.15, -0.1) is 17.5 Å². The van der Waals surface area contributed by atoms with Gasteiger partial charge in [0.15, 0.2) is 11.5 Å². The Bertz CT molecular complexity index is 484. The SMILES string of the molecule is C/C(=N\N=C(N)N)c1ccc2c(c1)OCCO2.Cl. The molecule has 0 aromatic heterocycles. The van der Waals surface area contributed by atoms with E-state index < -0.39 is 0 Å². The van der Waals surface area contributed by atoms with Crippen molar-refractivity contribution in [2.24, 2.45) is 21.7 Å². The summed E-state index contributed by atoms with van der Waals surface area (Å²) in [5, 5.41) is 7.50. The molecule has 7 heteroatoms. The first-order chi connectivity index (χ1) is 8.16. The molecule has 1 aliphatic heterocycles. The first-order valence-electron chi connectivity index (χ1n) is 5.20. The molecule has 98 valence electrons. The Kier molecular flexibility index (Phi) is 4.79. The number of rotatable bonds is 2. The highest BCUT2D eigenvalue weighted by molar-refractivity contribution is 5.99. The second kappa shape index (κ2) is 6.11. The minimum Gasteiger partial charge on any atom is -0.486 e. The molecule has 1 aromatic carbocycles. The fourth-order valence-corrected chi connectivity index (χ4v) is 1.46. The summed E-state index contributed by atoms with van der Waals surface area (Å²) in [5.74, 6) is 1.39. The number of fused-ring (bicyclic) bond motifs is 1. The van der Waals surface area contributed by atoms with E-state index >= 15 is 0 Å². The molecule has 0 bridgehead atoms. The van der Waals surface area contributed by atoms with Crippen LogP contribution in [0.1, 0.15) is 12.5 Å². The van der Waals surface area contributed by atoms with Crippen LogP contribution in [0.3, 0.4) is 0 Å². The molecule has 0 spiro atoms. The molecule has 1 aromatic rings. The molecule has 1 heterocycles. The second-order valence-electron chi connectivity index (χ2n) is 3.57. The predicted molar refractivity (Wildman–Crippen MR) is 72.7 cm³/mol. The third-order valence-corrected chi connectivity index (χ3v) is 2.28. The molecule has 0 atom stereocenters. The van der Waals surface area contributed by atoms with Crippen molar-refractivity contribution in [3.8, 4) is 11.5 Å². The van der Waals surface area contributed by atoms with Gasteiger partial charge in [-0.25, -0.2) is 0 Å². The van der Waals surface area contributed by atoms with E-state index in [1.165, 1.54) is 0 Å². The summed E-state index contributed by atoms with van der Waals surface area (Å²) in [4.78, 5) is 0. The molecule has 18 heavy (non-hydrogen) atoms. The lowest BCUT2D eigenvalue weighted by Gasteiger charge is -2.18. The van der Waals surface area contributed by atoms with Crippen LogP contribution in [0.25, 0.3) is 0 Å². The standard InChI is InChI=1S/C11H14N4O2.ClH/c1-7(14-15-11(12)13)8-2-3-9-10(6-8)17-5-4-16-9;/h2-3,6H,4-5H2,1H3,(H4,12,13,15);1H/b14-7+;. The van der Waals surface area contributed by atoms with Gasteiger partial charge < -0.3 is 20.9 Å². The fourth-order valence-electron chi connectivity index (χ4n) is 1.46. The molecule has 6 nitrogen and oxygen atoms in total. The lowest BCUT2D eigenvalue weighted by Crippen LogP contribution is -2.22. The van der Waals surface area contributed by atoms with Gasteiger partial charge in [-0.1, -0.05) is 0 Å². The first-order valence-corrected chi connectivity index (χ1v) is 5.20. The van der Waals surface area contributed by atoms with Crippen LogP contribution in [0.2, 0.25) is 0 Å². The van der Waals surface area contributed by atoms with Gasteiger partial charge in [0.2, 0.25) is 5.96 Å². The summed E-state index contributed by atoms with van der Waals surface area (Å²) in [7, 11) is 0. The Morgan fingerprint density at radius 1 is 1.11 bits per heavy atom. The quantitative estimate of drug-likeness (QED) is 0.474. The Balaban J connectivity index is 0.00000162. The Labute approximate surface area is 111 Å². The zero-order valence-corrected chi connectivity index (χ0v) is 10.7. The van der Waals surface area contributed by atoms with E-state index in [4.69, 9.17) is 20.9 Å². The van der Waals surface area contributed by atoms with E-state index in [0.29, 0.717) is 24.7 Å². The van der Waals surface area contributed by atoms with Crippen molar-refractivity contribution in [1.29, 1.82) is 0 Å². The van der Waals surface area contributed by atoms with Crippen molar-refractivity contribution >= 4 is 24.1 Å². The molecule has 0 radical (unpaired) electrons. The van der Waals surface area contributed by atoms with Crippen LogP contribution in [0.5, 0.6) is 11.5 Å². The highest BCUT2D eigenvalue weighted by Crippen LogP contribution is 2.30. The number of hydrogen-bond donors (Lipinski definition) is 2. The first kappa shape index (κ1) is 14.1. The van der Waals surface area contributed by atoms with Gasteiger partial charge in [0.1, 0.15) is 13.2 Å². The van der Waals surface area contributed by atoms with Crippen molar-refractivity contribution in [3.63, 3.8) is 0 Å². The average Bonchev–Trinajstić information content (AvgIpc) is 2.35. The lowest BCUT2D eigenvalue weighted by molar-refractivity contribution is 0.171. The number of guanidine groups is 1. The average molecular weight is 271 g/mol. The van der Waals surface area contributed by atoms with Crippen LogP contribution in [0.4, 0.5) is 0 Å². The van der Waals surface area contributed by atoms with Crippen LogP contribution in [0.15, 0.2) is 28.4 Å². The summed E-state index contributed by atoms with van der Waals surface area (Å²) >= 11 is 0. The smallest absolute Gasteiger partial charge is 0.211 e. The molecule has 4 N–H and O–H groups in total. The predicted octanol–water partition coefficient (Wildman–Crippen LogP) is 0.877.